The second kappa shape index (κ2) is 6.24. The summed E-state index contributed by atoms with van der Waals surface area (Å²) in [5.41, 5.74) is 2.82. The quantitative estimate of drug-likeness (QED) is 0.334. The number of nitrogens with one attached hydrogen (secondary N) is 1. The molecular formula is C13H26N4. The van der Waals surface area contributed by atoms with Gasteiger partial charge in [0.1, 0.15) is 0 Å². The van der Waals surface area contributed by atoms with Crippen molar-refractivity contribution in [2.24, 2.45) is 16.8 Å². The second-order valence-electron chi connectivity index (χ2n) is 5.30. The Balaban J connectivity index is 2.06. The molecule has 0 aromatic heterocycles. The Bertz CT molecular complexity index is 262. The van der Waals surface area contributed by atoms with Crippen LogP contribution >= 0.6 is 0 Å². The molecule has 98 valence electrons. The fourth-order valence-corrected chi connectivity index (χ4v) is 3.32. The molecule has 0 aromatic rings. The van der Waals surface area contributed by atoms with E-state index in [2.05, 4.69) is 22.2 Å². The van der Waals surface area contributed by atoms with Crippen LogP contribution in [-0.2, 0) is 0 Å². The van der Waals surface area contributed by atoms with E-state index >= 15 is 0 Å². The molecule has 1 aliphatic heterocycles. The van der Waals surface area contributed by atoms with Gasteiger partial charge in [0, 0.05) is 19.1 Å². The van der Waals surface area contributed by atoms with Gasteiger partial charge in [-0.3, -0.25) is 10.4 Å². The molecule has 4 nitrogen and oxygen atoms in total. The highest BCUT2D eigenvalue weighted by Crippen LogP contribution is 2.35. The number of aliphatic imine (C=N–C) groups is 1. The molecule has 1 saturated heterocycles. The summed E-state index contributed by atoms with van der Waals surface area (Å²) in [6, 6.07) is 0.684. The number of piperidine rings is 1. The molecule has 1 saturated carbocycles. The van der Waals surface area contributed by atoms with Crippen molar-refractivity contribution >= 4 is 5.96 Å². The van der Waals surface area contributed by atoms with Gasteiger partial charge in [-0.05, 0) is 38.0 Å². The number of rotatable bonds is 2. The minimum atomic E-state index is 0.684. The summed E-state index contributed by atoms with van der Waals surface area (Å²) in [5.74, 6) is 7.44. The lowest BCUT2D eigenvalue weighted by molar-refractivity contribution is 0.116. The maximum atomic E-state index is 5.64. The number of hydrogen-bond donors (Lipinski definition) is 2. The molecule has 2 unspecified atom stereocenters. The molecular weight excluding hydrogens is 212 g/mol. The Morgan fingerprint density at radius 3 is 2.82 bits per heavy atom. The third-order valence-corrected chi connectivity index (χ3v) is 4.13. The van der Waals surface area contributed by atoms with Crippen LogP contribution in [0.4, 0.5) is 0 Å². The largest absolute Gasteiger partial charge is 0.339 e. The van der Waals surface area contributed by atoms with Crippen LogP contribution in [-0.4, -0.2) is 30.0 Å². The van der Waals surface area contributed by atoms with Crippen molar-refractivity contribution in [1.29, 1.82) is 0 Å². The highest BCUT2D eigenvalue weighted by molar-refractivity contribution is 5.79. The monoisotopic (exact) mass is 238 g/mol. The van der Waals surface area contributed by atoms with Crippen molar-refractivity contribution in [2.75, 3.05) is 13.1 Å². The number of guanidine groups is 1. The molecule has 4 heteroatoms. The van der Waals surface area contributed by atoms with Crippen molar-refractivity contribution in [3.8, 4) is 0 Å². The molecule has 0 aromatic carbocycles. The van der Waals surface area contributed by atoms with Gasteiger partial charge in [0.25, 0.3) is 0 Å². The molecule has 0 bridgehead atoms. The van der Waals surface area contributed by atoms with Crippen LogP contribution in [0.1, 0.15) is 51.9 Å². The first-order valence-electron chi connectivity index (χ1n) is 7.14. The zero-order chi connectivity index (χ0) is 12.1. The molecule has 3 N–H and O–H groups in total. The van der Waals surface area contributed by atoms with Crippen molar-refractivity contribution in [2.45, 2.75) is 57.9 Å². The standard InChI is InChI=1S/C13H26N4/c1-2-9-15-13(16-14)17-10-5-7-11-6-3-4-8-12(11)17/h11-12H,2-10,14H2,1H3,(H,15,16). The van der Waals surface area contributed by atoms with Gasteiger partial charge >= 0.3 is 0 Å². The SMILES string of the molecule is CCCN=C(NN)N1CCCC2CCCCC21. The van der Waals surface area contributed by atoms with Crippen LogP contribution in [0.15, 0.2) is 4.99 Å². The zero-order valence-electron chi connectivity index (χ0n) is 11.0. The van der Waals surface area contributed by atoms with Gasteiger partial charge in [0.05, 0.1) is 0 Å². The smallest absolute Gasteiger partial charge is 0.208 e. The number of fused-ring (bicyclic) bond motifs is 1. The number of hydrogen-bond acceptors (Lipinski definition) is 2. The highest BCUT2D eigenvalue weighted by Gasteiger charge is 2.34. The Hall–Kier alpha value is -0.770. The molecule has 17 heavy (non-hydrogen) atoms. The fraction of sp³-hybridized carbons (Fsp3) is 0.923. The topological polar surface area (TPSA) is 53.6 Å². The van der Waals surface area contributed by atoms with Gasteiger partial charge in [-0.1, -0.05) is 19.8 Å². The van der Waals surface area contributed by atoms with E-state index in [1.54, 1.807) is 0 Å². The molecule has 0 amide bonds. The van der Waals surface area contributed by atoms with E-state index in [4.69, 9.17) is 5.84 Å². The first-order valence-corrected chi connectivity index (χ1v) is 7.14. The maximum Gasteiger partial charge on any atom is 0.208 e. The molecule has 2 atom stereocenters. The lowest BCUT2D eigenvalue weighted by Gasteiger charge is -2.45. The summed E-state index contributed by atoms with van der Waals surface area (Å²) in [6.45, 7) is 4.14. The predicted octanol–water partition coefficient (Wildman–Crippen LogP) is 1.87. The first-order chi connectivity index (χ1) is 8.36. The van der Waals surface area contributed by atoms with E-state index in [1.807, 2.05) is 0 Å². The Morgan fingerprint density at radius 2 is 2.06 bits per heavy atom. The van der Waals surface area contributed by atoms with E-state index in [-0.39, 0.29) is 0 Å². The van der Waals surface area contributed by atoms with Gasteiger partial charge in [-0.2, -0.15) is 0 Å². The second-order valence-corrected chi connectivity index (χ2v) is 5.30. The normalized spacial score (nSPS) is 30.0. The third-order valence-electron chi connectivity index (χ3n) is 4.13. The van der Waals surface area contributed by atoms with Crippen LogP contribution in [0.25, 0.3) is 0 Å². The predicted molar refractivity (Wildman–Crippen MR) is 71.6 cm³/mol. The van der Waals surface area contributed by atoms with Gasteiger partial charge < -0.3 is 4.90 Å². The van der Waals surface area contributed by atoms with Gasteiger partial charge in [-0.25, -0.2) is 5.84 Å². The average Bonchev–Trinajstić information content (AvgIpc) is 2.40. The maximum absolute atomic E-state index is 5.64. The van der Waals surface area contributed by atoms with E-state index in [0.717, 1.165) is 31.4 Å². The summed E-state index contributed by atoms with van der Waals surface area (Å²) in [4.78, 5) is 7.02. The number of nitrogens with zero attached hydrogens (tertiary/aromatic N) is 2. The summed E-state index contributed by atoms with van der Waals surface area (Å²) in [6.07, 6.45) is 9.24. The van der Waals surface area contributed by atoms with Crippen LogP contribution in [0, 0.1) is 5.92 Å². The minimum absolute atomic E-state index is 0.684. The van der Waals surface area contributed by atoms with Gasteiger partial charge in [-0.15, -0.1) is 0 Å². The van der Waals surface area contributed by atoms with Crippen molar-refractivity contribution in [1.82, 2.24) is 10.3 Å². The Labute approximate surface area is 105 Å². The highest BCUT2D eigenvalue weighted by atomic mass is 15.4. The zero-order valence-corrected chi connectivity index (χ0v) is 11.0. The van der Waals surface area contributed by atoms with Gasteiger partial charge in [0.2, 0.25) is 5.96 Å². The van der Waals surface area contributed by atoms with Crippen LogP contribution < -0.4 is 11.3 Å². The molecule has 2 aliphatic rings. The summed E-state index contributed by atoms with van der Waals surface area (Å²) < 4.78 is 0. The summed E-state index contributed by atoms with van der Waals surface area (Å²) in [7, 11) is 0. The summed E-state index contributed by atoms with van der Waals surface area (Å²) in [5, 5.41) is 0. The molecule has 0 radical (unpaired) electrons. The fourth-order valence-electron chi connectivity index (χ4n) is 3.32. The van der Waals surface area contributed by atoms with Gasteiger partial charge in [0.15, 0.2) is 0 Å². The third kappa shape index (κ3) is 2.92. The van der Waals surface area contributed by atoms with Crippen molar-refractivity contribution < 1.29 is 0 Å². The molecule has 1 aliphatic carbocycles. The lowest BCUT2D eigenvalue weighted by atomic mass is 9.78. The lowest BCUT2D eigenvalue weighted by Crippen LogP contribution is -2.55. The van der Waals surface area contributed by atoms with Crippen LogP contribution in [0.2, 0.25) is 0 Å². The Morgan fingerprint density at radius 1 is 1.29 bits per heavy atom. The molecule has 0 spiro atoms. The van der Waals surface area contributed by atoms with E-state index < -0.39 is 0 Å². The minimum Gasteiger partial charge on any atom is -0.339 e. The Kier molecular flexibility index (Phi) is 4.66. The number of hydrazine groups is 1. The van der Waals surface area contributed by atoms with E-state index in [9.17, 15) is 0 Å². The van der Waals surface area contributed by atoms with E-state index in [0.29, 0.717) is 6.04 Å². The first kappa shape index (κ1) is 12.7. The average molecular weight is 238 g/mol. The van der Waals surface area contributed by atoms with Crippen LogP contribution in [0.5, 0.6) is 0 Å². The molecule has 1 heterocycles. The van der Waals surface area contributed by atoms with Crippen LogP contribution in [0.3, 0.4) is 0 Å². The number of nitrogens with two attached hydrogens (primary N) is 1. The van der Waals surface area contributed by atoms with Crippen molar-refractivity contribution in [3.63, 3.8) is 0 Å². The molecule has 2 rings (SSSR count). The number of likely N-dealkylation sites (tertiary alicyclic amines) is 1. The molecule has 2 fully saturated rings. The van der Waals surface area contributed by atoms with Crippen molar-refractivity contribution in [3.05, 3.63) is 0 Å². The summed E-state index contributed by atoms with van der Waals surface area (Å²) >= 11 is 0. The van der Waals surface area contributed by atoms with E-state index in [1.165, 1.54) is 38.5 Å².